The maximum absolute atomic E-state index is 13.3. The highest BCUT2D eigenvalue weighted by molar-refractivity contribution is 6.62. The highest BCUT2D eigenvalue weighted by atomic mass is 16.7. The van der Waals surface area contributed by atoms with Gasteiger partial charge in [0.2, 0.25) is 0 Å². The van der Waals surface area contributed by atoms with Gasteiger partial charge in [0, 0.05) is 16.9 Å². The van der Waals surface area contributed by atoms with E-state index in [-0.39, 0.29) is 5.91 Å². The van der Waals surface area contributed by atoms with E-state index in [9.17, 15) is 9.59 Å². The first-order valence-electron chi connectivity index (χ1n) is 12.2. The molecule has 0 unspecified atom stereocenters. The van der Waals surface area contributed by atoms with Gasteiger partial charge in [0.05, 0.1) is 35.1 Å². The Bertz CT molecular complexity index is 1380. The summed E-state index contributed by atoms with van der Waals surface area (Å²) in [5.74, 6) is -0.617. The molecule has 0 aromatic heterocycles. The Morgan fingerprint density at radius 1 is 0.892 bits per heavy atom. The number of methoxy groups -OCH3 is 1. The Morgan fingerprint density at radius 2 is 1.54 bits per heavy atom. The molecule has 1 saturated heterocycles. The summed E-state index contributed by atoms with van der Waals surface area (Å²) in [6, 6.07) is 22.4. The van der Waals surface area contributed by atoms with E-state index in [1.54, 1.807) is 24.3 Å². The summed E-state index contributed by atoms with van der Waals surface area (Å²) in [5, 5.41) is 6.41. The Morgan fingerprint density at radius 3 is 2.16 bits per heavy atom. The van der Waals surface area contributed by atoms with Gasteiger partial charge in [0.25, 0.3) is 5.91 Å². The summed E-state index contributed by atoms with van der Waals surface area (Å²) in [5.41, 5.74) is 4.61. The van der Waals surface area contributed by atoms with Gasteiger partial charge in [0.1, 0.15) is 0 Å². The molecule has 3 aromatic rings. The molecular formula is C29H29BN2O5. The van der Waals surface area contributed by atoms with Crippen molar-refractivity contribution in [3.63, 3.8) is 0 Å². The number of hydrogen-bond acceptors (Lipinski definition) is 6. The van der Waals surface area contributed by atoms with Gasteiger partial charge in [0.15, 0.2) is 0 Å². The molecule has 7 nitrogen and oxygen atoms in total. The number of ether oxygens (including phenoxy) is 1. The predicted molar refractivity (Wildman–Crippen MR) is 145 cm³/mol. The fourth-order valence-corrected chi connectivity index (χ4v) is 4.40. The van der Waals surface area contributed by atoms with E-state index in [1.165, 1.54) is 7.11 Å². The van der Waals surface area contributed by atoms with Gasteiger partial charge in [-0.2, -0.15) is 0 Å². The topological polar surface area (TPSA) is 85.9 Å². The molecule has 37 heavy (non-hydrogen) atoms. The van der Waals surface area contributed by atoms with Crippen LogP contribution in [0.2, 0.25) is 0 Å². The van der Waals surface area contributed by atoms with Crippen molar-refractivity contribution in [3.8, 4) is 0 Å². The number of anilines is 2. The van der Waals surface area contributed by atoms with Crippen LogP contribution in [0.4, 0.5) is 11.4 Å². The van der Waals surface area contributed by atoms with Crippen molar-refractivity contribution in [2.24, 2.45) is 0 Å². The third-order valence-electron chi connectivity index (χ3n) is 7.20. The number of carbonyl (C=O) groups is 2. The third kappa shape index (κ3) is 4.54. The molecule has 0 bridgehead atoms. The van der Waals surface area contributed by atoms with Gasteiger partial charge in [-0.05, 0) is 69.1 Å². The number of benzene rings is 3. The fourth-order valence-electron chi connectivity index (χ4n) is 4.40. The molecular weight excluding hydrogens is 467 g/mol. The standard InChI is InChI=1S/C29H29BN2O5/c1-28(2)29(3,4)37-30(36-28)20-13-16-22-23(17-20)32-26(33)24(22)25(18-9-7-6-8-10-18)31-21-14-11-19(12-15-21)27(34)35-5/h6-17,31H,1-5H3,(H,32,33)/b25-24-. The molecule has 2 aliphatic heterocycles. The molecule has 0 atom stereocenters. The number of hydrogen-bond donors (Lipinski definition) is 2. The van der Waals surface area contributed by atoms with Crippen LogP contribution in [0.3, 0.4) is 0 Å². The zero-order valence-corrected chi connectivity index (χ0v) is 21.5. The van der Waals surface area contributed by atoms with E-state index >= 15 is 0 Å². The second kappa shape index (κ2) is 9.21. The van der Waals surface area contributed by atoms with E-state index < -0.39 is 24.3 Å². The first-order chi connectivity index (χ1) is 17.6. The molecule has 0 spiro atoms. The zero-order chi connectivity index (χ0) is 26.4. The molecule has 2 N–H and O–H groups in total. The molecule has 8 heteroatoms. The largest absolute Gasteiger partial charge is 0.494 e. The SMILES string of the molecule is COC(=O)c1ccc(N/C(=C2\C(=O)Nc3cc(B4OC(C)(C)C(C)(C)O4)ccc32)c2ccccc2)cc1. The monoisotopic (exact) mass is 496 g/mol. The van der Waals surface area contributed by atoms with Gasteiger partial charge in [-0.3, -0.25) is 4.79 Å². The normalized spacial score (nSPS) is 18.7. The van der Waals surface area contributed by atoms with Crippen LogP contribution in [0.1, 0.15) is 49.2 Å². The molecule has 2 aliphatic rings. The first kappa shape index (κ1) is 24.8. The molecule has 5 rings (SSSR count). The van der Waals surface area contributed by atoms with Gasteiger partial charge >= 0.3 is 13.1 Å². The molecule has 0 radical (unpaired) electrons. The van der Waals surface area contributed by atoms with Crippen molar-refractivity contribution >= 4 is 47.1 Å². The lowest BCUT2D eigenvalue weighted by atomic mass is 9.78. The Balaban J connectivity index is 1.54. The summed E-state index contributed by atoms with van der Waals surface area (Å²) in [4.78, 5) is 25.2. The number of rotatable bonds is 5. The van der Waals surface area contributed by atoms with Crippen molar-refractivity contribution in [1.82, 2.24) is 0 Å². The highest BCUT2D eigenvalue weighted by Crippen LogP contribution is 2.39. The van der Waals surface area contributed by atoms with Crippen LogP contribution in [0.25, 0.3) is 11.3 Å². The lowest BCUT2D eigenvalue weighted by molar-refractivity contribution is -0.110. The molecule has 2 heterocycles. The van der Waals surface area contributed by atoms with E-state index in [2.05, 4.69) is 10.6 Å². The highest BCUT2D eigenvalue weighted by Gasteiger charge is 2.52. The van der Waals surface area contributed by atoms with Crippen LogP contribution in [-0.4, -0.2) is 37.3 Å². The van der Waals surface area contributed by atoms with Crippen LogP contribution >= 0.6 is 0 Å². The van der Waals surface area contributed by atoms with Gasteiger partial charge in [-0.15, -0.1) is 0 Å². The van der Waals surface area contributed by atoms with Crippen molar-refractivity contribution in [2.45, 2.75) is 38.9 Å². The molecule has 188 valence electrons. The van der Waals surface area contributed by atoms with E-state index in [0.717, 1.165) is 22.3 Å². The number of carbonyl (C=O) groups excluding carboxylic acids is 2. The van der Waals surface area contributed by atoms with Gasteiger partial charge in [-0.25, -0.2) is 4.79 Å². The minimum absolute atomic E-state index is 0.210. The number of fused-ring (bicyclic) bond motifs is 1. The molecule has 1 fully saturated rings. The maximum atomic E-state index is 13.3. The van der Waals surface area contributed by atoms with E-state index in [4.69, 9.17) is 14.0 Å². The summed E-state index contributed by atoms with van der Waals surface area (Å²) in [6.45, 7) is 8.05. The van der Waals surface area contributed by atoms with Crippen LogP contribution in [0, 0.1) is 0 Å². The van der Waals surface area contributed by atoms with Crippen LogP contribution in [0.15, 0.2) is 72.8 Å². The number of amides is 1. The molecule has 3 aromatic carbocycles. The first-order valence-corrected chi connectivity index (χ1v) is 12.2. The molecule has 0 saturated carbocycles. The fraction of sp³-hybridized carbons (Fsp3) is 0.241. The lowest BCUT2D eigenvalue weighted by Crippen LogP contribution is -2.41. The summed E-state index contributed by atoms with van der Waals surface area (Å²) in [7, 11) is 0.820. The summed E-state index contributed by atoms with van der Waals surface area (Å²) < 4.78 is 17.2. The summed E-state index contributed by atoms with van der Waals surface area (Å²) in [6.07, 6.45) is 0. The van der Waals surface area contributed by atoms with Crippen molar-refractivity contribution < 1.29 is 23.6 Å². The average Bonchev–Trinajstić information content (AvgIpc) is 3.32. The number of nitrogens with one attached hydrogen (secondary N) is 2. The second-order valence-electron chi connectivity index (χ2n) is 10.2. The third-order valence-corrected chi connectivity index (χ3v) is 7.20. The van der Waals surface area contributed by atoms with E-state index in [1.807, 2.05) is 76.2 Å². The zero-order valence-electron chi connectivity index (χ0n) is 21.5. The Hall–Kier alpha value is -3.88. The van der Waals surface area contributed by atoms with Gasteiger partial charge < -0.3 is 24.7 Å². The molecule has 1 amide bonds. The smallest absolute Gasteiger partial charge is 0.465 e. The number of esters is 1. The van der Waals surface area contributed by atoms with Gasteiger partial charge in [-0.1, -0.05) is 42.5 Å². The minimum Gasteiger partial charge on any atom is -0.465 e. The molecule has 0 aliphatic carbocycles. The van der Waals surface area contributed by atoms with Crippen molar-refractivity contribution in [1.29, 1.82) is 0 Å². The van der Waals surface area contributed by atoms with Crippen LogP contribution in [-0.2, 0) is 18.8 Å². The minimum atomic E-state index is -0.528. The quantitative estimate of drug-likeness (QED) is 0.303. The Labute approximate surface area is 217 Å². The predicted octanol–water partition coefficient (Wildman–Crippen LogP) is 4.70. The average molecular weight is 496 g/mol. The van der Waals surface area contributed by atoms with E-state index in [0.29, 0.717) is 22.5 Å². The lowest BCUT2D eigenvalue weighted by Gasteiger charge is -2.32. The van der Waals surface area contributed by atoms with Crippen molar-refractivity contribution in [2.75, 3.05) is 17.7 Å². The summed E-state index contributed by atoms with van der Waals surface area (Å²) >= 11 is 0. The van der Waals surface area contributed by atoms with Crippen molar-refractivity contribution in [3.05, 3.63) is 89.5 Å². The Kier molecular flexibility index (Phi) is 6.18. The maximum Gasteiger partial charge on any atom is 0.494 e. The second-order valence-corrected chi connectivity index (χ2v) is 10.2. The van der Waals surface area contributed by atoms with Crippen LogP contribution in [0.5, 0.6) is 0 Å². The van der Waals surface area contributed by atoms with Crippen LogP contribution < -0.4 is 16.1 Å².